The van der Waals surface area contributed by atoms with E-state index in [-0.39, 0.29) is 11.9 Å². The lowest BCUT2D eigenvalue weighted by Gasteiger charge is -2.19. The molecule has 0 saturated carbocycles. The van der Waals surface area contributed by atoms with Crippen molar-refractivity contribution < 1.29 is 9.21 Å². The maximum atomic E-state index is 11.0. The van der Waals surface area contributed by atoms with Crippen LogP contribution in [0, 0.1) is 0 Å². The topological polar surface area (TPSA) is 54.3 Å². The van der Waals surface area contributed by atoms with Crippen LogP contribution < -0.4 is 10.6 Å². The van der Waals surface area contributed by atoms with Crippen LogP contribution >= 0.6 is 0 Å². The predicted molar refractivity (Wildman–Crippen MR) is 40.4 cm³/mol. The number of nitrogens with one attached hydrogen (secondary N) is 2. The fraction of sp³-hybridized carbons (Fsp3) is 0.286. The van der Waals surface area contributed by atoms with Crippen LogP contribution in [0.2, 0.25) is 0 Å². The van der Waals surface area contributed by atoms with E-state index < -0.39 is 0 Å². The van der Waals surface area contributed by atoms with Crippen molar-refractivity contribution in [3.8, 4) is 0 Å². The van der Waals surface area contributed by atoms with E-state index >= 15 is 0 Å². The molecular weight excluding hydrogens is 144 g/mol. The summed E-state index contributed by atoms with van der Waals surface area (Å²) in [4.78, 5) is 11.0. The van der Waals surface area contributed by atoms with Gasteiger partial charge in [0.15, 0.2) is 0 Å². The Balaban J connectivity index is 2.37. The highest BCUT2D eigenvalue weighted by atomic mass is 16.3. The molecule has 1 aliphatic heterocycles. The molecule has 0 aliphatic carbocycles. The molecule has 58 valence electrons. The Kier molecular flexibility index (Phi) is 1.15. The molecule has 2 N–H and O–H groups in total. The highest BCUT2D eigenvalue weighted by molar-refractivity contribution is 6.02. The second-order valence-electron chi connectivity index (χ2n) is 2.55. The number of carbonyl (C=O) groups excluding carboxylic acids is 1. The van der Waals surface area contributed by atoms with Gasteiger partial charge in [-0.3, -0.25) is 4.79 Å². The largest absolute Gasteiger partial charge is 0.468 e. The van der Waals surface area contributed by atoms with Gasteiger partial charge in [-0.15, -0.1) is 0 Å². The summed E-state index contributed by atoms with van der Waals surface area (Å²) >= 11 is 0. The van der Waals surface area contributed by atoms with E-state index in [4.69, 9.17) is 4.42 Å². The van der Waals surface area contributed by atoms with E-state index in [1.807, 2.05) is 0 Å². The van der Waals surface area contributed by atoms with E-state index in [9.17, 15) is 4.79 Å². The third-order valence-corrected chi connectivity index (χ3v) is 1.69. The minimum absolute atomic E-state index is 0.0288. The molecule has 0 radical (unpaired) electrons. The van der Waals surface area contributed by atoms with Gasteiger partial charge in [0.25, 0.3) is 0 Å². The summed E-state index contributed by atoms with van der Waals surface area (Å²) in [5.74, 6) is -0.0288. The maximum Gasteiger partial charge on any atom is 0.246 e. The van der Waals surface area contributed by atoms with Crippen LogP contribution in [-0.4, -0.2) is 11.9 Å². The van der Waals surface area contributed by atoms with Gasteiger partial charge in [-0.2, -0.15) is 0 Å². The molecule has 0 fully saturated rings. The highest BCUT2D eigenvalue weighted by Gasteiger charge is 2.21. The smallest absolute Gasteiger partial charge is 0.246 e. The lowest BCUT2D eigenvalue weighted by molar-refractivity contribution is -0.116. The van der Waals surface area contributed by atoms with E-state index in [0.29, 0.717) is 5.69 Å². The Bertz CT molecular complexity index is 292. The average Bonchev–Trinajstić information content (AvgIpc) is 2.36. The Hall–Kier alpha value is -1.45. The molecule has 4 heteroatoms. The van der Waals surface area contributed by atoms with Crippen LogP contribution in [0.25, 0.3) is 0 Å². The van der Waals surface area contributed by atoms with Crippen LogP contribution in [0.1, 0.15) is 6.92 Å². The molecule has 1 aliphatic rings. The lowest BCUT2D eigenvalue weighted by atomic mass is 10.2. The van der Waals surface area contributed by atoms with E-state index in [2.05, 4.69) is 10.6 Å². The van der Waals surface area contributed by atoms with Crippen molar-refractivity contribution >= 4 is 17.3 Å². The number of rotatable bonds is 0. The highest BCUT2D eigenvalue weighted by Crippen LogP contribution is 2.26. The van der Waals surface area contributed by atoms with Gasteiger partial charge in [0.2, 0.25) is 5.91 Å². The summed E-state index contributed by atoms with van der Waals surface area (Å²) in [6.07, 6.45) is 3.08. The number of hydrogen-bond donors (Lipinski definition) is 2. The molecular formula is C7H8N2O2. The number of amides is 1. The van der Waals surface area contributed by atoms with Crippen molar-refractivity contribution in [3.05, 3.63) is 12.5 Å². The molecule has 0 unspecified atom stereocenters. The van der Waals surface area contributed by atoms with E-state index in [0.717, 1.165) is 5.69 Å². The number of carbonyl (C=O) groups is 1. The molecule has 1 aromatic rings. The average molecular weight is 152 g/mol. The normalized spacial score (nSPS) is 21.9. The summed E-state index contributed by atoms with van der Waals surface area (Å²) in [6, 6.07) is -0.180. The predicted octanol–water partition coefficient (Wildman–Crippen LogP) is 1.03. The second kappa shape index (κ2) is 2.02. The van der Waals surface area contributed by atoms with E-state index in [1.165, 1.54) is 6.26 Å². The summed E-state index contributed by atoms with van der Waals surface area (Å²) in [7, 11) is 0. The summed E-state index contributed by atoms with van der Waals surface area (Å²) in [6.45, 7) is 1.80. The van der Waals surface area contributed by atoms with E-state index in [1.54, 1.807) is 13.2 Å². The Labute approximate surface area is 63.6 Å². The van der Waals surface area contributed by atoms with Gasteiger partial charge in [-0.1, -0.05) is 0 Å². The molecule has 2 rings (SSSR count). The Morgan fingerprint density at radius 2 is 2.18 bits per heavy atom. The summed E-state index contributed by atoms with van der Waals surface area (Å²) in [5, 5.41) is 5.68. The third-order valence-electron chi connectivity index (χ3n) is 1.69. The molecule has 0 bridgehead atoms. The van der Waals surface area contributed by atoms with Gasteiger partial charge in [0.1, 0.15) is 24.3 Å². The van der Waals surface area contributed by atoms with Gasteiger partial charge in [0.05, 0.1) is 5.69 Å². The molecule has 1 aromatic heterocycles. The summed E-state index contributed by atoms with van der Waals surface area (Å²) in [5.41, 5.74) is 1.56. The van der Waals surface area contributed by atoms with Crippen molar-refractivity contribution in [2.75, 3.05) is 10.6 Å². The second-order valence-corrected chi connectivity index (χ2v) is 2.55. The Morgan fingerprint density at radius 3 is 3.00 bits per heavy atom. The first-order valence-corrected chi connectivity index (χ1v) is 3.41. The molecule has 4 nitrogen and oxygen atoms in total. The SMILES string of the molecule is C[C@@H]1Nc2cocc2NC1=O. The molecule has 2 heterocycles. The molecule has 0 spiro atoms. The maximum absolute atomic E-state index is 11.0. The van der Waals surface area contributed by atoms with Gasteiger partial charge in [-0.25, -0.2) is 0 Å². The Morgan fingerprint density at radius 1 is 1.45 bits per heavy atom. The van der Waals surface area contributed by atoms with Crippen LogP contribution in [0.15, 0.2) is 16.9 Å². The number of furan rings is 1. The first-order valence-electron chi connectivity index (χ1n) is 3.41. The first-order chi connectivity index (χ1) is 5.27. The molecule has 0 aromatic carbocycles. The zero-order valence-electron chi connectivity index (χ0n) is 6.05. The first kappa shape index (κ1) is 6.27. The number of fused-ring (bicyclic) bond motifs is 1. The standard InChI is InChI=1S/C7H8N2O2/c1-4-7(10)9-6-3-11-2-5(6)8-4/h2-4,8H,1H3,(H,9,10)/t4-/m0/s1. The van der Waals surface area contributed by atoms with Crippen LogP contribution in [0.5, 0.6) is 0 Å². The minimum Gasteiger partial charge on any atom is -0.468 e. The van der Waals surface area contributed by atoms with Gasteiger partial charge in [0, 0.05) is 0 Å². The quantitative estimate of drug-likeness (QED) is 0.583. The molecule has 1 atom stereocenters. The van der Waals surface area contributed by atoms with Crippen molar-refractivity contribution in [1.29, 1.82) is 0 Å². The van der Waals surface area contributed by atoms with Crippen molar-refractivity contribution in [2.24, 2.45) is 0 Å². The number of anilines is 2. The number of hydrogen-bond acceptors (Lipinski definition) is 3. The summed E-state index contributed by atoms with van der Waals surface area (Å²) < 4.78 is 4.89. The monoisotopic (exact) mass is 152 g/mol. The molecule has 11 heavy (non-hydrogen) atoms. The van der Waals surface area contributed by atoms with Crippen LogP contribution in [-0.2, 0) is 4.79 Å². The molecule has 0 saturated heterocycles. The van der Waals surface area contributed by atoms with Gasteiger partial charge < -0.3 is 15.1 Å². The zero-order chi connectivity index (χ0) is 7.84. The van der Waals surface area contributed by atoms with Gasteiger partial charge in [-0.05, 0) is 6.92 Å². The zero-order valence-corrected chi connectivity index (χ0v) is 6.05. The molecule has 1 amide bonds. The van der Waals surface area contributed by atoms with Crippen LogP contribution in [0.3, 0.4) is 0 Å². The fourth-order valence-corrected chi connectivity index (χ4v) is 1.05. The lowest BCUT2D eigenvalue weighted by Crippen LogP contribution is -2.35. The van der Waals surface area contributed by atoms with Gasteiger partial charge >= 0.3 is 0 Å². The van der Waals surface area contributed by atoms with Crippen molar-refractivity contribution in [2.45, 2.75) is 13.0 Å². The van der Waals surface area contributed by atoms with Crippen LogP contribution in [0.4, 0.5) is 11.4 Å². The fourth-order valence-electron chi connectivity index (χ4n) is 1.05. The van der Waals surface area contributed by atoms with Crippen molar-refractivity contribution in [1.82, 2.24) is 0 Å². The van der Waals surface area contributed by atoms with Crippen molar-refractivity contribution in [3.63, 3.8) is 0 Å². The third kappa shape index (κ3) is 0.869. The minimum atomic E-state index is -0.180.